The first kappa shape index (κ1) is 24.5. The lowest BCUT2D eigenvalue weighted by Crippen LogP contribution is -2.53. The van der Waals surface area contributed by atoms with Gasteiger partial charge in [0.25, 0.3) is 11.8 Å². The minimum Gasteiger partial charge on any atom is -0.497 e. The molecule has 2 atom stereocenters. The van der Waals surface area contributed by atoms with Crippen LogP contribution in [0.4, 0.5) is 0 Å². The van der Waals surface area contributed by atoms with Crippen LogP contribution in [0.15, 0.2) is 53.9 Å². The van der Waals surface area contributed by atoms with Crippen molar-refractivity contribution in [2.45, 2.75) is 44.4 Å². The Labute approximate surface area is 208 Å². The minimum absolute atomic E-state index is 0.154. The SMILES string of the molecule is COc1cccc(C(=O)NC2CCCCC2NC(=O)c2csc(COc3ccccc3OC)n2)c1. The number of rotatable bonds is 9. The number of nitrogens with zero attached hydrogens (tertiary/aromatic N) is 1. The van der Waals surface area contributed by atoms with Gasteiger partial charge in [-0.25, -0.2) is 4.98 Å². The van der Waals surface area contributed by atoms with E-state index >= 15 is 0 Å². The van der Waals surface area contributed by atoms with E-state index in [0.717, 1.165) is 25.7 Å². The molecule has 1 fully saturated rings. The largest absolute Gasteiger partial charge is 0.497 e. The van der Waals surface area contributed by atoms with Gasteiger partial charge in [-0.05, 0) is 43.2 Å². The van der Waals surface area contributed by atoms with Crippen LogP contribution in [0.1, 0.15) is 51.5 Å². The quantitative estimate of drug-likeness (QED) is 0.461. The lowest BCUT2D eigenvalue weighted by Gasteiger charge is -2.32. The summed E-state index contributed by atoms with van der Waals surface area (Å²) < 4.78 is 16.3. The third kappa shape index (κ3) is 6.30. The third-order valence-corrected chi connectivity index (χ3v) is 6.76. The number of thiazole rings is 1. The Kier molecular flexibility index (Phi) is 8.20. The van der Waals surface area contributed by atoms with Gasteiger partial charge < -0.3 is 24.8 Å². The molecule has 1 heterocycles. The number of hydrogen-bond donors (Lipinski definition) is 2. The van der Waals surface area contributed by atoms with E-state index < -0.39 is 0 Å². The molecule has 0 saturated heterocycles. The molecule has 1 aliphatic rings. The number of benzene rings is 2. The van der Waals surface area contributed by atoms with Gasteiger partial charge in [0.15, 0.2) is 11.5 Å². The molecular formula is C26H29N3O5S. The summed E-state index contributed by atoms with van der Waals surface area (Å²) in [6.45, 7) is 0.237. The molecule has 184 valence electrons. The van der Waals surface area contributed by atoms with Crippen molar-refractivity contribution < 1.29 is 23.8 Å². The number of nitrogens with one attached hydrogen (secondary N) is 2. The zero-order chi connectivity index (χ0) is 24.6. The normalized spacial score (nSPS) is 17.3. The van der Waals surface area contributed by atoms with Crippen molar-refractivity contribution in [2.75, 3.05) is 14.2 Å². The summed E-state index contributed by atoms with van der Waals surface area (Å²) in [5.74, 6) is 1.45. The van der Waals surface area contributed by atoms with Gasteiger partial charge in [0.2, 0.25) is 0 Å². The molecular weight excluding hydrogens is 466 g/mol. The number of aromatic nitrogens is 1. The zero-order valence-corrected chi connectivity index (χ0v) is 20.6. The Morgan fingerprint density at radius 2 is 1.66 bits per heavy atom. The molecule has 0 spiro atoms. The van der Waals surface area contributed by atoms with Crippen LogP contribution >= 0.6 is 11.3 Å². The predicted octanol–water partition coefficient (Wildman–Crippen LogP) is 4.21. The Morgan fingerprint density at radius 3 is 2.37 bits per heavy atom. The summed E-state index contributed by atoms with van der Waals surface area (Å²) in [4.78, 5) is 30.2. The number of amides is 2. The highest BCUT2D eigenvalue weighted by atomic mass is 32.1. The molecule has 1 aliphatic carbocycles. The van der Waals surface area contributed by atoms with Gasteiger partial charge in [0, 0.05) is 23.0 Å². The lowest BCUT2D eigenvalue weighted by molar-refractivity contribution is 0.0860. The fourth-order valence-corrected chi connectivity index (χ4v) is 4.78. The minimum atomic E-state index is -0.252. The first-order chi connectivity index (χ1) is 17.1. The molecule has 2 N–H and O–H groups in total. The van der Waals surface area contributed by atoms with Crippen molar-refractivity contribution in [1.82, 2.24) is 15.6 Å². The predicted molar refractivity (Wildman–Crippen MR) is 133 cm³/mol. The van der Waals surface area contributed by atoms with Gasteiger partial charge in [-0.2, -0.15) is 0 Å². The smallest absolute Gasteiger partial charge is 0.271 e. The number of ether oxygens (including phenoxy) is 3. The van der Waals surface area contributed by atoms with Crippen molar-refractivity contribution in [3.63, 3.8) is 0 Å². The maximum Gasteiger partial charge on any atom is 0.271 e. The number of carbonyl (C=O) groups is 2. The molecule has 2 amide bonds. The second kappa shape index (κ2) is 11.7. The fourth-order valence-electron chi connectivity index (χ4n) is 4.09. The average molecular weight is 496 g/mol. The summed E-state index contributed by atoms with van der Waals surface area (Å²) in [5, 5.41) is 8.58. The Hall–Kier alpha value is -3.59. The van der Waals surface area contributed by atoms with Crippen LogP contribution in [0.2, 0.25) is 0 Å². The fraction of sp³-hybridized carbons (Fsp3) is 0.346. The molecule has 2 aromatic carbocycles. The van der Waals surface area contributed by atoms with Gasteiger partial charge in [-0.1, -0.05) is 31.0 Å². The summed E-state index contributed by atoms with van der Waals surface area (Å²) in [6.07, 6.45) is 3.58. The third-order valence-electron chi connectivity index (χ3n) is 5.94. The molecule has 0 radical (unpaired) electrons. The van der Waals surface area contributed by atoms with E-state index in [1.807, 2.05) is 24.3 Å². The Balaban J connectivity index is 1.35. The maximum atomic E-state index is 12.9. The topological polar surface area (TPSA) is 98.8 Å². The van der Waals surface area contributed by atoms with Gasteiger partial charge in [-0.3, -0.25) is 9.59 Å². The summed E-state index contributed by atoms with van der Waals surface area (Å²) in [5.41, 5.74) is 0.872. The molecule has 1 aromatic heterocycles. The van der Waals surface area contributed by atoms with Crippen molar-refractivity contribution in [1.29, 1.82) is 0 Å². The maximum absolute atomic E-state index is 12.9. The first-order valence-corrected chi connectivity index (χ1v) is 12.4. The van der Waals surface area contributed by atoms with E-state index in [0.29, 0.717) is 33.5 Å². The second-order valence-corrected chi connectivity index (χ2v) is 9.18. The van der Waals surface area contributed by atoms with Crippen LogP contribution in [0, 0.1) is 0 Å². The van der Waals surface area contributed by atoms with Crippen LogP contribution < -0.4 is 24.8 Å². The Bertz CT molecular complexity index is 1170. The van der Waals surface area contributed by atoms with Crippen molar-refractivity contribution in [2.24, 2.45) is 0 Å². The van der Waals surface area contributed by atoms with Crippen molar-refractivity contribution in [3.05, 3.63) is 70.2 Å². The second-order valence-electron chi connectivity index (χ2n) is 8.24. The standard InChI is InChI=1S/C26H29N3O5S/c1-32-18-9-7-8-17(14-18)25(30)28-19-10-3-4-11-20(19)29-26(31)21-16-35-24(27-21)15-34-23-13-6-5-12-22(23)33-2/h5-9,12-14,16,19-20H,3-4,10-11,15H2,1-2H3,(H,28,30)(H,29,31). The molecule has 4 rings (SSSR count). The number of methoxy groups -OCH3 is 2. The molecule has 9 heteroatoms. The van der Waals surface area contributed by atoms with E-state index in [1.165, 1.54) is 11.3 Å². The number of hydrogen-bond acceptors (Lipinski definition) is 7. The summed E-state index contributed by atoms with van der Waals surface area (Å²) in [7, 11) is 3.16. The van der Waals surface area contributed by atoms with E-state index in [9.17, 15) is 9.59 Å². The van der Waals surface area contributed by atoms with Gasteiger partial charge in [-0.15, -0.1) is 11.3 Å². The summed E-state index contributed by atoms with van der Waals surface area (Å²) >= 11 is 1.37. The highest BCUT2D eigenvalue weighted by Crippen LogP contribution is 2.27. The molecule has 2 unspecified atom stereocenters. The van der Waals surface area contributed by atoms with Crippen molar-refractivity contribution >= 4 is 23.2 Å². The van der Waals surface area contributed by atoms with E-state index in [4.69, 9.17) is 14.2 Å². The average Bonchev–Trinajstić information content (AvgIpc) is 3.38. The number of para-hydroxylation sites is 2. The van der Waals surface area contributed by atoms with Crippen LogP contribution in [-0.4, -0.2) is 43.1 Å². The van der Waals surface area contributed by atoms with E-state index in [1.54, 1.807) is 43.9 Å². The summed E-state index contributed by atoms with van der Waals surface area (Å²) in [6, 6.07) is 14.1. The molecule has 3 aromatic rings. The van der Waals surface area contributed by atoms with Gasteiger partial charge in [0.1, 0.15) is 23.1 Å². The van der Waals surface area contributed by atoms with E-state index in [2.05, 4.69) is 15.6 Å². The van der Waals surface area contributed by atoms with E-state index in [-0.39, 0.29) is 30.5 Å². The molecule has 8 nitrogen and oxygen atoms in total. The highest BCUT2D eigenvalue weighted by Gasteiger charge is 2.29. The van der Waals surface area contributed by atoms with Gasteiger partial charge in [0.05, 0.1) is 14.2 Å². The molecule has 0 aliphatic heterocycles. The van der Waals surface area contributed by atoms with Crippen molar-refractivity contribution in [3.8, 4) is 17.2 Å². The molecule has 0 bridgehead atoms. The first-order valence-electron chi connectivity index (χ1n) is 11.5. The zero-order valence-electron chi connectivity index (χ0n) is 19.8. The monoisotopic (exact) mass is 495 g/mol. The lowest BCUT2D eigenvalue weighted by atomic mass is 9.90. The van der Waals surface area contributed by atoms with Crippen LogP contribution in [-0.2, 0) is 6.61 Å². The van der Waals surface area contributed by atoms with Crippen LogP contribution in [0.5, 0.6) is 17.2 Å². The van der Waals surface area contributed by atoms with Crippen LogP contribution in [0.25, 0.3) is 0 Å². The van der Waals surface area contributed by atoms with Crippen LogP contribution in [0.3, 0.4) is 0 Å². The number of carbonyl (C=O) groups excluding carboxylic acids is 2. The molecule has 1 saturated carbocycles. The highest BCUT2D eigenvalue weighted by molar-refractivity contribution is 7.09. The van der Waals surface area contributed by atoms with Gasteiger partial charge >= 0.3 is 0 Å². The molecule has 35 heavy (non-hydrogen) atoms. The Morgan fingerprint density at radius 1 is 0.943 bits per heavy atom.